The first-order chi connectivity index (χ1) is 22.7. The van der Waals surface area contributed by atoms with Gasteiger partial charge in [-0.2, -0.15) is 9.97 Å². The largest absolute Gasteiger partial charge is 0.510 e. The number of ether oxygens (including phenoxy) is 6. The van der Waals surface area contributed by atoms with E-state index in [1.165, 1.54) is 22.8 Å². The van der Waals surface area contributed by atoms with Gasteiger partial charge in [-0.3, -0.25) is 23.0 Å². The van der Waals surface area contributed by atoms with Gasteiger partial charge in [0.05, 0.1) is 37.3 Å². The van der Waals surface area contributed by atoms with E-state index < -0.39 is 76.2 Å². The van der Waals surface area contributed by atoms with Gasteiger partial charge in [-0.1, -0.05) is 0 Å². The Morgan fingerprint density at radius 3 is 2.35 bits per heavy atom. The molecule has 268 valence electrons. The van der Waals surface area contributed by atoms with Crippen LogP contribution in [0.1, 0.15) is 46.8 Å². The number of fused-ring (bicyclic) bond motifs is 1. The van der Waals surface area contributed by atoms with Crippen molar-refractivity contribution in [2.24, 2.45) is 0 Å². The minimum absolute atomic E-state index is 0.0293. The van der Waals surface area contributed by atoms with Crippen LogP contribution in [0.2, 0.25) is 5.28 Å². The standard InChI is InChI=1S/C27H40ClN6O13P/c1-15(2)45-26(37)41-13-43-48(39,44-14-42-27(38)46-16(3)4)11-20(36)33(5)9-18-8-19(35)24(47-18)34-12-29-21-22(30-17-6-7-40-10-17)31-25(28)32-23(21)34/h12,15-19,24,35H,6-11,13-14H2,1-5H3,(H,30,31,32)/t17-,18-,19+,24+/m0/s1. The monoisotopic (exact) mass is 722 g/mol. The molecule has 2 fully saturated rings. The van der Waals surface area contributed by atoms with Crippen LogP contribution in [-0.4, -0.2) is 125 Å². The van der Waals surface area contributed by atoms with Crippen molar-refractivity contribution in [1.82, 2.24) is 24.4 Å². The van der Waals surface area contributed by atoms with Gasteiger partial charge in [0.2, 0.25) is 24.8 Å². The fourth-order valence-electron chi connectivity index (χ4n) is 4.70. The Balaban J connectivity index is 1.37. The summed E-state index contributed by atoms with van der Waals surface area (Å²) in [6, 6.07) is 0.0315. The minimum atomic E-state index is -4.37. The van der Waals surface area contributed by atoms with Gasteiger partial charge in [0, 0.05) is 26.6 Å². The maximum atomic E-state index is 13.4. The third-order valence-corrected chi connectivity index (χ3v) is 8.68. The predicted octanol–water partition coefficient (Wildman–Crippen LogP) is 3.05. The van der Waals surface area contributed by atoms with Crippen LogP contribution >= 0.6 is 19.2 Å². The molecule has 0 spiro atoms. The van der Waals surface area contributed by atoms with E-state index >= 15 is 0 Å². The van der Waals surface area contributed by atoms with E-state index in [0.717, 1.165) is 6.42 Å². The maximum Gasteiger partial charge on any atom is 0.510 e. The number of amides is 1. The van der Waals surface area contributed by atoms with Crippen molar-refractivity contribution in [2.45, 2.75) is 77.2 Å². The summed E-state index contributed by atoms with van der Waals surface area (Å²) in [5.74, 6) is -0.291. The predicted molar refractivity (Wildman–Crippen MR) is 165 cm³/mol. The summed E-state index contributed by atoms with van der Waals surface area (Å²) >= 11 is 6.21. The highest BCUT2D eigenvalue weighted by Crippen LogP contribution is 2.48. The zero-order valence-corrected chi connectivity index (χ0v) is 28.8. The molecule has 1 amide bonds. The number of aliphatic hydroxyl groups is 1. The van der Waals surface area contributed by atoms with Crippen LogP contribution in [0.3, 0.4) is 0 Å². The lowest BCUT2D eigenvalue weighted by Gasteiger charge is -2.24. The quantitative estimate of drug-likeness (QED) is 0.117. The normalized spacial score (nSPS) is 21.1. The molecule has 4 atom stereocenters. The molecule has 0 saturated carbocycles. The van der Waals surface area contributed by atoms with Crippen molar-refractivity contribution < 1.29 is 61.5 Å². The molecule has 2 N–H and O–H groups in total. The fourth-order valence-corrected chi connectivity index (χ4v) is 6.12. The zero-order chi connectivity index (χ0) is 35.0. The number of imidazole rings is 1. The molecule has 4 heterocycles. The zero-order valence-electron chi connectivity index (χ0n) is 27.1. The van der Waals surface area contributed by atoms with Crippen LogP contribution < -0.4 is 5.32 Å². The molecular weight excluding hydrogens is 683 g/mol. The number of carbonyl (C=O) groups is 3. The Bertz CT molecular complexity index is 1440. The molecule has 2 aliphatic rings. The van der Waals surface area contributed by atoms with Crippen LogP contribution in [0.25, 0.3) is 11.2 Å². The van der Waals surface area contributed by atoms with Crippen molar-refractivity contribution in [2.75, 3.05) is 51.9 Å². The lowest BCUT2D eigenvalue weighted by Crippen LogP contribution is -2.36. The van der Waals surface area contributed by atoms with Crippen molar-refractivity contribution in [3.05, 3.63) is 11.6 Å². The second kappa shape index (κ2) is 16.9. The Morgan fingerprint density at radius 1 is 1.12 bits per heavy atom. The number of likely N-dealkylation sites (N-methyl/N-ethyl adjacent to an activating group) is 1. The Morgan fingerprint density at radius 2 is 1.77 bits per heavy atom. The van der Waals surface area contributed by atoms with Gasteiger partial charge in [-0.05, 0) is 45.7 Å². The second-order valence-corrected chi connectivity index (χ2v) is 13.9. The molecule has 21 heteroatoms. The van der Waals surface area contributed by atoms with Crippen LogP contribution in [0.4, 0.5) is 15.4 Å². The topological polar surface area (TPSA) is 221 Å². The minimum Gasteiger partial charge on any atom is -0.432 e. The first-order valence-electron chi connectivity index (χ1n) is 15.1. The number of aromatic nitrogens is 4. The van der Waals surface area contributed by atoms with Crippen molar-refractivity contribution >= 4 is 54.4 Å². The molecule has 2 aromatic rings. The van der Waals surface area contributed by atoms with Gasteiger partial charge in [0.15, 0.2) is 23.2 Å². The number of anilines is 1. The third kappa shape index (κ3) is 10.6. The van der Waals surface area contributed by atoms with E-state index in [-0.39, 0.29) is 24.3 Å². The fraction of sp³-hybridized carbons (Fsp3) is 0.704. The molecule has 19 nitrogen and oxygen atoms in total. The molecule has 0 bridgehead atoms. The summed E-state index contributed by atoms with van der Waals surface area (Å²) in [6.07, 6.45) is -4.20. The summed E-state index contributed by atoms with van der Waals surface area (Å²) in [5.41, 5.74) is 0.760. The molecule has 48 heavy (non-hydrogen) atoms. The van der Waals surface area contributed by atoms with Crippen LogP contribution in [0.15, 0.2) is 6.33 Å². The second-order valence-electron chi connectivity index (χ2n) is 11.5. The number of aliphatic hydroxyl groups excluding tert-OH is 1. The summed E-state index contributed by atoms with van der Waals surface area (Å²) in [6.45, 7) is 5.72. The first-order valence-corrected chi connectivity index (χ1v) is 17.2. The molecule has 2 aliphatic heterocycles. The van der Waals surface area contributed by atoms with E-state index in [9.17, 15) is 24.1 Å². The molecular formula is C27H40ClN6O13P. The van der Waals surface area contributed by atoms with E-state index in [1.54, 1.807) is 27.7 Å². The number of hydrogen-bond donors (Lipinski definition) is 2. The molecule has 0 aliphatic carbocycles. The highest BCUT2D eigenvalue weighted by Gasteiger charge is 2.39. The molecule has 0 unspecified atom stereocenters. The van der Waals surface area contributed by atoms with E-state index in [1.807, 2.05) is 0 Å². The molecule has 0 aromatic carbocycles. The number of hydrogen-bond acceptors (Lipinski definition) is 17. The van der Waals surface area contributed by atoms with Gasteiger partial charge in [-0.25, -0.2) is 14.6 Å². The third-order valence-electron chi connectivity index (χ3n) is 6.85. The number of halogens is 1. The van der Waals surface area contributed by atoms with Crippen LogP contribution in [-0.2, 0) is 46.8 Å². The highest BCUT2D eigenvalue weighted by atomic mass is 35.5. The van der Waals surface area contributed by atoms with Gasteiger partial charge in [-0.15, -0.1) is 0 Å². The number of carbonyl (C=O) groups excluding carboxylic acids is 3. The smallest absolute Gasteiger partial charge is 0.432 e. The molecule has 4 rings (SSSR count). The summed E-state index contributed by atoms with van der Waals surface area (Å²) in [4.78, 5) is 50.8. The number of nitrogens with zero attached hydrogens (tertiary/aromatic N) is 5. The summed E-state index contributed by atoms with van der Waals surface area (Å²) in [7, 11) is -2.94. The Labute approximate surface area is 280 Å². The first kappa shape index (κ1) is 37.5. The van der Waals surface area contributed by atoms with Crippen molar-refractivity contribution in [1.29, 1.82) is 0 Å². The highest BCUT2D eigenvalue weighted by molar-refractivity contribution is 7.54. The van der Waals surface area contributed by atoms with Crippen molar-refractivity contribution in [3.63, 3.8) is 0 Å². The van der Waals surface area contributed by atoms with Gasteiger partial charge < -0.3 is 43.7 Å². The average Bonchev–Trinajstić information content (AvgIpc) is 3.72. The van der Waals surface area contributed by atoms with Crippen molar-refractivity contribution in [3.8, 4) is 0 Å². The number of rotatable bonds is 15. The lowest BCUT2D eigenvalue weighted by molar-refractivity contribution is -0.129. The van der Waals surface area contributed by atoms with E-state index in [2.05, 4.69) is 20.3 Å². The molecule has 2 aromatic heterocycles. The Hall–Kier alpha value is -3.32. The van der Waals surface area contributed by atoms with Crippen LogP contribution in [0.5, 0.6) is 0 Å². The molecule has 2 saturated heterocycles. The Kier molecular flexibility index (Phi) is 13.2. The summed E-state index contributed by atoms with van der Waals surface area (Å²) in [5, 5.41) is 14.2. The SMILES string of the molecule is CC(C)OC(=O)OCOP(=O)(CC(=O)N(C)C[C@@H]1C[C@@H](O)[C@H](n2cnc3c(N[C@H]4CCOC4)nc(Cl)nc32)O1)OCOC(=O)OC(C)C. The number of nitrogens with one attached hydrogen (secondary N) is 1. The maximum absolute atomic E-state index is 13.4. The van der Waals surface area contributed by atoms with Gasteiger partial charge >= 0.3 is 19.9 Å². The van der Waals surface area contributed by atoms with Crippen LogP contribution in [0, 0.1) is 0 Å². The van der Waals surface area contributed by atoms with E-state index in [0.29, 0.717) is 30.2 Å². The average molecular weight is 723 g/mol. The molecule has 0 radical (unpaired) electrons. The van der Waals surface area contributed by atoms with Gasteiger partial charge in [0.25, 0.3) is 0 Å². The summed E-state index contributed by atoms with van der Waals surface area (Å²) < 4.78 is 55.9. The lowest BCUT2D eigenvalue weighted by atomic mass is 10.2. The van der Waals surface area contributed by atoms with Gasteiger partial charge in [0.1, 0.15) is 12.3 Å². The van der Waals surface area contributed by atoms with E-state index in [4.69, 9.17) is 49.1 Å².